The monoisotopic (exact) mass is 327 g/mol. The van der Waals surface area contributed by atoms with Crippen molar-refractivity contribution in [3.05, 3.63) is 59.6 Å². The predicted octanol–water partition coefficient (Wildman–Crippen LogP) is 2.30. The molecule has 0 radical (unpaired) electrons. The molecule has 0 spiro atoms. The smallest absolute Gasteiger partial charge is 0.338 e. The molecule has 1 atom stereocenters. The molecule has 124 valence electrons. The summed E-state index contributed by atoms with van der Waals surface area (Å²) in [4.78, 5) is 24.2. The van der Waals surface area contributed by atoms with E-state index in [4.69, 9.17) is 13.9 Å². The molecule has 2 heterocycles. The Labute approximate surface area is 139 Å². The van der Waals surface area contributed by atoms with Gasteiger partial charge in [-0.05, 0) is 31.2 Å². The number of carbonyl (C=O) groups excluding carboxylic acids is 2. The lowest BCUT2D eigenvalue weighted by Gasteiger charge is -2.18. The minimum Gasteiger partial charge on any atom is -0.488 e. The Kier molecular flexibility index (Phi) is 4.65. The Morgan fingerprint density at radius 2 is 2.08 bits per heavy atom. The van der Waals surface area contributed by atoms with Crippen LogP contribution in [0.5, 0.6) is 5.75 Å². The number of ether oxygens (including phenoxy) is 2. The van der Waals surface area contributed by atoms with Crippen LogP contribution in [0.15, 0.2) is 52.7 Å². The van der Waals surface area contributed by atoms with Gasteiger partial charge in [0.15, 0.2) is 6.10 Å². The first-order valence-electron chi connectivity index (χ1n) is 7.57. The van der Waals surface area contributed by atoms with Crippen molar-refractivity contribution in [2.75, 3.05) is 6.61 Å². The lowest BCUT2D eigenvalue weighted by atomic mass is 10.1. The van der Waals surface area contributed by atoms with Crippen LogP contribution >= 0.6 is 0 Å². The highest BCUT2D eigenvalue weighted by Crippen LogP contribution is 2.26. The SMILES string of the molecule is C[C@@H](OC(=O)C1=Cc2ccccc2OC1)C(=O)NCc1ccco1. The number of carbonyl (C=O) groups is 2. The maximum absolute atomic E-state index is 12.2. The van der Waals surface area contributed by atoms with Crippen molar-refractivity contribution in [1.82, 2.24) is 5.32 Å². The summed E-state index contributed by atoms with van der Waals surface area (Å²) in [5.41, 5.74) is 1.19. The lowest BCUT2D eigenvalue weighted by molar-refractivity contribution is -0.151. The molecule has 1 aromatic carbocycles. The number of rotatable bonds is 5. The molecule has 2 aromatic rings. The van der Waals surface area contributed by atoms with E-state index in [1.807, 2.05) is 24.3 Å². The zero-order valence-corrected chi connectivity index (χ0v) is 13.2. The number of fused-ring (bicyclic) bond motifs is 1. The first-order chi connectivity index (χ1) is 11.6. The van der Waals surface area contributed by atoms with Crippen molar-refractivity contribution in [3.8, 4) is 5.75 Å². The fraction of sp³-hybridized carbons (Fsp3) is 0.222. The molecule has 24 heavy (non-hydrogen) atoms. The largest absolute Gasteiger partial charge is 0.488 e. The van der Waals surface area contributed by atoms with E-state index in [2.05, 4.69) is 5.32 Å². The van der Waals surface area contributed by atoms with Gasteiger partial charge in [-0.3, -0.25) is 4.79 Å². The summed E-state index contributed by atoms with van der Waals surface area (Å²) < 4.78 is 15.8. The van der Waals surface area contributed by atoms with Crippen LogP contribution in [0.3, 0.4) is 0 Å². The van der Waals surface area contributed by atoms with Gasteiger partial charge in [0.05, 0.1) is 18.4 Å². The third-order valence-corrected chi connectivity index (χ3v) is 3.56. The van der Waals surface area contributed by atoms with E-state index in [9.17, 15) is 9.59 Å². The van der Waals surface area contributed by atoms with Crippen LogP contribution in [0.2, 0.25) is 0 Å². The molecule has 0 aliphatic carbocycles. The summed E-state index contributed by atoms with van der Waals surface area (Å²) in [7, 11) is 0. The highest BCUT2D eigenvalue weighted by atomic mass is 16.6. The quantitative estimate of drug-likeness (QED) is 0.853. The van der Waals surface area contributed by atoms with Gasteiger partial charge in [-0.2, -0.15) is 0 Å². The number of amides is 1. The van der Waals surface area contributed by atoms with Crippen LogP contribution in [0.1, 0.15) is 18.2 Å². The molecule has 1 aromatic heterocycles. The van der Waals surface area contributed by atoms with Crippen molar-refractivity contribution in [2.45, 2.75) is 19.6 Å². The maximum Gasteiger partial charge on any atom is 0.338 e. The highest BCUT2D eigenvalue weighted by molar-refractivity contribution is 5.96. The molecule has 1 aliphatic heterocycles. The zero-order chi connectivity index (χ0) is 16.9. The molecule has 0 fully saturated rings. The van der Waals surface area contributed by atoms with Gasteiger partial charge in [-0.15, -0.1) is 0 Å². The van der Waals surface area contributed by atoms with Crippen molar-refractivity contribution in [3.63, 3.8) is 0 Å². The molecule has 6 heteroatoms. The average Bonchev–Trinajstić information content (AvgIpc) is 3.12. The van der Waals surface area contributed by atoms with E-state index in [-0.39, 0.29) is 13.2 Å². The summed E-state index contributed by atoms with van der Waals surface area (Å²) in [5, 5.41) is 2.65. The second-order valence-corrected chi connectivity index (χ2v) is 5.34. The minimum atomic E-state index is -0.912. The van der Waals surface area contributed by atoms with Gasteiger partial charge in [-0.25, -0.2) is 4.79 Å². The fourth-order valence-corrected chi connectivity index (χ4v) is 2.25. The first kappa shape index (κ1) is 15.9. The lowest BCUT2D eigenvalue weighted by Crippen LogP contribution is -2.36. The van der Waals surface area contributed by atoms with E-state index in [1.54, 1.807) is 18.2 Å². The van der Waals surface area contributed by atoms with Gasteiger partial charge in [0.1, 0.15) is 18.1 Å². The fourth-order valence-electron chi connectivity index (χ4n) is 2.25. The second-order valence-electron chi connectivity index (χ2n) is 5.34. The van der Waals surface area contributed by atoms with Gasteiger partial charge in [0.25, 0.3) is 5.91 Å². The molecule has 0 saturated carbocycles. The predicted molar refractivity (Wildman–Crippen MR) is 86.0 cm³/mol. The van der Waals surface area contributed by atoms with Crippen LogP contribution < -0.4 is 10.1 Å². The normalized spacial score (nSPS) is 14.0. The molecule has 1 aliphatic rings. The van der Waals surface area contributed by atoms with Gasteiger partial charge < -0.3 is 19.2 Å². The summed E-state index contributed by atoms with van der Waals surface area (Å²) in [6.07, 6.45) is 2.33. The molecule has 0 bridgehead atoms. The van der Waals surface area contributed by atoms with E-state index in [0.29, 0.717) is 11.3 Å². The minimum absolute atomic E-state index is 0.122. The van der Waals surface area contributed by atoms with E-state index < -0.39 is 18.0 Å². The van der Waals surface area contributed by atoms with Gasteiger partial charge >= 0.3 is 5.97 Å². The van der Waals surface area contributed by atoms with E-state index in [1.165, 1.54) is 13.2 Å². The van der Waals surface area contributed by atoms with Crippen LogP contribution in [0, 0.1) is 0 Å². The van der Waals surface area contributed by atoms with Gasteiger partial charge in [0, 0.05) is 5.56 Å². The Bertz CT molecular complexity index is 763. The zero-order valence-electron chi connectivity index (χ0n) is 13.2. The van der Waals surface area contributed by atoms with Crippen LogP contribution in [0.25, 0.3) is 6.08 Å². The number of para-hydroxylation sites is 1. The number of hydrogen-bond acceptors (Lipinski definition) is 5. The molecule has 1 N–H and O–H groups in total. The number of furan rings is 1. The highest BCUT2D eigenvalue weighted by Gasteiger charge is 2.23. The number of hydrogen-bond donors (Lipinski definition) is 1. The molecule has 6 nitrogen and oxygen atoms in total. The summed E-state index contributed by atoms with van der Waals surface area (Å²) >= 11 is 0. The molecule has 1 amide bonds. The number of esters is 1. The van der Waals surface area contributed by atoms with Crippen molar-refractivity contribution >= 4 is 18.0 Å². The van der Waals surface area contributed by atoms with Crippen LogP contribution in [0.4, 0.5) is 0 Å². The average molecular weight is 327 g/mol. The van der Waals surface area contributed by atoms with E-state index in [0.717, 1.165) is 11.3 Å². The second kappa shape index (κ2) is 7.04. The number of nitrogens with one attached hydrogen (secondary N) is 1. The van der Waals surface area contributed by atoms with Crippen molar-refractivity contribution in [2.24, 2.45) is 0 Å². The first-order valence-corrected chi connectivity index (χ1v) is 7.57. The third kappa shape index (κ3) is 3.65. The molecule has 0 unspecified atom stereocenters. The molecular weight excluding hydrogens is 310 g/mol. The molecule has 3 rings (SSSR count). The Morgan fingerprint density at radius 3 is 2.88 bits per heavy atom. The molecule has 0 saturated heterocycles. The Balaban J connectivity index is 1.56. The summed E-state index contributed by atoms with van der Waals surface area (Å²) in [5.74, 6) is 0.391. The van der Waals surface area contributed by atoms with E-state index >= 15 is 0 Å². The molecular formula is C18H17NO5. The summed E-state index contributed by atoms with van der Waals surface area (Å²) in [6.45, 7) is 1.89. The van der Waals surface area contributed by atoms with Gasteiger partial charge in [-0.1, -0.05) is 18.2 Å². The third-order valence-electron chi connectivity index (χ3n) is 3.56. The van der Waals surface area contributed by atoms with Crippen LogP contribution in [-0.4, -0.2) is 24.6 Å². The van der Waals surface area contributed by atoms with Crippen molar-refractivity contribution in [1.29, 1.82) is 0 Å². The van der Waals surface area contributed by atoms with Gasteiger partial charge in [0.2, 0.25) is 0 Å². The Hall–Kier alpha value is -3.02. The van der Waals surface area contributed by atoms with Crippen molar-refractivity contribution < 1.29 is 23.5 Å². The number of benzene rings is 1. The maximum atomic E-state index is 12.2. The standard InChI is InChI=1S/C18H17NO5/c1-12(17(20)19-10-15-6-4-8-22-15)24-18(21)14-9-13-5-2-3-7-16(13)23-11-14/h2-9,12H,10-11H2,1H3,(H,19,20)/t12-/m1/s1. The Morgan fingerprint density at radius 1 is 1.25 bits per heavy atom. The topological polar surface area (TPSA) is 77.8 Å². The van der Waals surface area contributed by atoms with Crippen LogP contribution in [-0.2, 0) is 20.9 Å². The summed E-state index contributed by atoms with van der Waals surface area (Å²) in [6, 6.07) is 10.9.